The summed E-state index contributed by atoms with van der Waals surface area (Å²) in [6, 6.07) is 5.91. The third kappa shape index (κ3) is 3.93. The molecule has 0 aromatic heterocycles. The van der Waals surface area contributed by atoms with Gasteiger partial charge >= 0.3 is 0 Å². The number of benzene rings is 1. The maximum Gasteiger partial charge on any atom is 0.123 e. The molecule has 96 valence electrons. The van der Waals surface area contributed by atoms with Gasteiger partial charge in [-0.3, -0.25) is 0 Å². The maximum absolute atomic E-state index is 5.74. The second-order valence-electron chi connectivity index (χ2n) is 5.40. The smallest absolute Gasteiger partial charge is 0.123 e. The molecule has 0 unspecified atom stereocenters. The summed E-state index contributed by atoms with van der Waals surface area (Å²) in [5, 5.41) is 0. The zero-order chi connectivity index (χ0) is 13.1. The summed E-state index contributed by atoms with van der Waals surface area (Å²) in [4.78, 5) is 0. The number of hydrogen-bond acceptors (Lipinski definition) is 3. The molecule has 0 saturated heterocycles. The molecule has 1 atom stereocenters. The Hall–Kier alpha value is -1.22. The Bertz CT molecular complexity index is 367. The van der Waals surface area contributed by atoms with Gasteiger partial charge in [0.25, 0.3) is 0 Å². The average Bonchev–Trinajstić information content (AvgIpc) is 2.24. The minimum atomic E-state index is 0.0156. The minimum absolute atomic E-state index is 0.0156. The Morgan fingerprint density at radius 3 is 2.41 bits per heavy atom. The Morgan fingerprint density at radius 1 is 1.29 bits per heavy atom. The zero-order valence-corrected chi connectivity index (χ0v) is 11.4. The van der Waals surface area contributed by atoms with Crippen molar-refractivity contribution in [1.82, 2.24) is 0 Å². The van der Waals surface area contributed by atoms with Crippen LogP contribution in [0.3, 0.4) is 0 Å². The van der Waals surface area contributed by atoms with E-state index >= 15 is 0 Å². The van der Waals surface area contributed by atoms with E-state index in [1.807, 2.05) is 25.1 Å². The van der Waals surface area contributed by atoms with Crippen molar-refractivity contribution in [3.63, 3.8) is 0 Å². The van der Waals surface area contributed by atoms with Crippen molar-refractivity contribution in [2.45, 2.75) is 39.2 Å². The number of hydrogen-bond donors (Lipinski definition) is 1. The van der Waals surface area contributed by atoms with Crippen molar-refractivity contribution in [3.8, 4) is 11.5 Å². The first-order valence-electron chi connectivity index (χ1n) is 5.91. The van der Waals surface area contributed by atoms with Gasteiger partial charge in [0.15, 0.2) is 0 Å². The van der Waals surface area contributed by atoms with E-state index in [9.17, 15) is 0 Å². The van der Waals surface area contributed by atoms with Crippen LogP contribution < -0.4 is 15.2 Å². The molecule has 0 heterocycles. The summed E-state index contributed by atoms with van der Waals surface area (Å²) in [7, 11) is 1.67. The zero-order valence-electron chi connectivity index (χ0n) is 11.4. The first kappa shape index (κ1) is 13.8. The monoisotopic (exact) mass is 237 g/mol. The van der Waals surface area contributed by atoms with E-state index in [4.69, 9.17) is 15.2 Å². The van der Waals surface area contributed by atoms with E-state index in [0.717, 1.165) is 17.1 Å². The molecule has 0 amide bonds. The molecular formula is C14H23NO2. The highest BCUT2D eigenvalue weighted by Gasteiger charge is 2.20. The summed E-state index contributed by atoms with van der Waals surface area (Å²) < 4.78 is 11.0. The Kier molecular flexibility index (Phi) is 4.40. The molecule has 0 fully saturated rings. The second-order valence-corrected chi connectivity index (χ2v) is 5.40. The Balaban J connectivity index is 3.03. The number of ether oxygens (including phenoxy) is 2. The van der Waals surface area contributed by atoms with Gasteiger partial charge in [0.1, 0.15) is 18.1 Å². The minimum Gasteiger partial charge on any atom is -0.497 e. The van der Waals surface area contributed by atoms with Crippen LogP contribution in [0.1, 0.15) is 33.3 Å². The summed E-state index contributed by atoms with van der Waals surface area (Å²) in [6.45, 7) is 8.91. The Morgan fingerprint density at radius 2 is 1.94 bits per heavy atom. The van der Waals surface area contributed by atoms with Crippen molar-refractivity contribution in [2.75, 3.05) is 13.7 Å². The van der Waals surface area contributed by atoms with Crippen LogP contribution in [0.4, 0.5) is 0 Å². The lowest BCUT2D eigenvalue weighted by Gasteiger charge is -2.24. The van der Waals surface area contributed by atoms with Gasteiger partial charge in [-0.15, -0.1) is 0 Å². The lowest BCUT2D eigenvalue weighted by molar-refractivity contribution is 0.288. The van der Waals surface area contributed by atoms with Crippen molar-refractivity contribution in [3.05, 3.63) is 23.8 Å². The molecule has 1 aromatic carbocycles. The predicted octanol–water partition coefficient (Wildman–Crippen LogP) is 2.72. The third-order valence-electron chi connectivity index (χ3n) is 2.50. The van der Waals surface area contributed by atoms with Crippen molar-refractivity contribution in [1.29, 1.82) is 0 Å². The van der Waals surface area contributed by atoms with Gasteiger partial charge in [-0.1, -0.05) is 20.8 Å². The van der Waals surface area contributed by atoms with Gasteiger partial charge in [-0.25, -0.2) is 0 Å². The molecule has 17 heavy (non-hydrogen) atoms. The van der Waals surface area contributed by atoms with E-state index in [-0.39, 0.29) is 11.5 Å². The second kappa shape index (κ2) is 5.41. The van der Waals surface area contributed by atoms with Gasteiger partial charge in [-0.05, 0) is 30.5 Å². The van der Waals surface area contributed by atoms with Gasteiger partial charge in [0.2, 0.25) is 0 Å². The predicted molar refractivity (Wildman–Crippen MR) is 70.8 cm³/mol. The molecule has 0 saturated carbocycles. The molecule has 0 radical (unpaired) electrons. The van der Waals surface area contributed by atoms with Crippen LogP contribution in [0.15, 0.2) is 18.2 Å². The fraction of sp³-hybridized carbons (Fsp3) is 0.571. The molecule has 0 aliphatic carbocycles. The van der Waals surface area contributed by atoms with E-state index in [2.05, 4.69) is 20.8 Å². The molecule has 0 bridgehead atoms. The standard InChI is InChI=1S/C14H23NO2/c1-10(15)9-17-13-7-6-11(16-5)8-12(13)14(2,3)4/h6-8,10H,9,15H2,1-5H3/t10-/m0/s1. The van der Waals surface area contributed by atoms with E-state index < -0.39 is 0 Å². The van der Waals surface area contributed by atoms with Crippen molar-refractivity contribution < 1.29 is 9.47 Å². The lowest BCUT2D eigenvalue weighted by atomic mass is 9.86. The van der Waals surface area contributed by atoms with Crippen molar-refractivity contribution >= 4 is 0 Å². The van der Waals surface area contributed by atoms with Crippen molar-refractivity contribution in [2.24, 2.45) is 5.73 Å². The highest BCUT2D eigenvalue weighted by molar-refractivity contribution is 5.44. The topological polar surface area (TPSA) is 44.5 Å². The van der Waals surface area contributed by atoms with Crippen LogP contribution in [0, 0.1) is 0 Å². The van der Waals surface area contributed by atoms with Crippen LogP contribution in [0.25, 0.3) is 0 Å². The largest absolute Gasteiger partial charge is 0.497 e. The summed E-state index contributed by atoms with van der Waals surface area (Å²) in [6.07, 6.45) is 0. The fourth-order valence-electron chi connectivity index (χ4n) is 1.57. The molecule has 2 N–H and O–H groups in total. The van der Waals surface area contributed by atoms with E-state index in [1.54, 1.807) is 7.11 Å². The van der Waals surface area contributed by atoms with Crippen LogP contribution in [-0.4, -0.2) is 19.8 Å². The maximum atomic E-state index is 5.74. The SMILES string of the molecule is COc1ccc(OC[C@H](C)N)c(C(C)(C)C)c1. The first-order valence-corrected chi connectivity index (χ1v) is 5.91. The normalized spacial score (nSPS) is 13.3. The van der Waals surface area contributed by atoms with Crippen LogP contribution in [-0.2, 0) is 5.41 Å². The summed E-state index contributed by atoms with van der Waals surface area (Å²) in [5.74, 6) is 1.73. The molecule has 0 aliphatic rings. The number of nitrogens with two attached hydrogens (primary N) is 1. The lowest BCUT2D eigenvalue weighted by Crippen LogP contribution is -2.24. The van der Waals surface area contributed by atoms with E-state index in [1.165, 1.54) is 0 Å². The summed E-state index contributed by atoms with van der Waals surface area (Å²) >= 11 is 0. The molecule has 1 rings (SSSR count). The Labute approximate surface area is 104 Å². The quantitative estimate of drug-likeness (QED) is 0.875. The van der Waals surface area contributed by atoms with Gasteiger partial charge in [0.05, 0.1) is 7.11 Å². The fourth-order valence-corrected chi connectivity index (χ4v) is 1.57. The third-order valence-corrected chi connectivity index (χ3v) is 2.50. The van der Waals surface area contributed by atoms with Crippen LogP contribution in [0.2, 0.25) is 0 Å². The van der Waals surface area contributed by atoms with E-state index in [0.29, 0.717) is 6.61 Å². The first-order chi connectivity index (χ1) is 7.84. The van der Waals surface area contributed by atoms with Gasteiger partial charge in [0, 0.05) is 11.6 Å². The average molecular weight is 237 g/mol. The van der Waals surface area contributed by atoms with Crippen LogP contribution >= 0.6 is 0 Å². The number of methoxy groups -OCH3 is 1. The highest BCUT2D eigenvalue weighted by Crippen LogP contribution is 2.34. The van der Waals surface area contributed by atoms with Gasteiger partial charge < -0.3 is 15.2 Å². The summed E-state index contributed by atoms with van der Waals surface area (Å²) in [5.41, 5.74) is 6.86. The molecular weight excluding hydrogens is 214 g/mol. The molecule has 3 nitrogen and oxygen atoms in total. The van der Waals surface area contributed by atoms with Gasteiger partial charge in [-0.2, -0.15) is 0 Å². The number of rotatable bonds is 4. The molecule has 1 aromatic rings. The molecule has 0 aliphatic heterocycles. The molecule has 3 heteroatoms. The van der Waals surface area contributed by atoms with Crippen LogP contribution in [0.5, 0.6) is 11.5 Å². The highest BCUT2D eigenvalue weighted by atomic mass is 16.5. The molecule has 0 spiro atoms.